The Kier molecular flexibility index (Phi) is 10.0. The van der Waals surface area contributed by atoms with Crippen molar-refractivity contribution in [3.05, 3.63) is 41.5 Å². The summed E-state index contributed by atoms with van der Waals surface area (Å²) in [4.78, 5) is 14.6. The number of carbonyl (C=O) groups is 1. The number of rotatable bonds is 11. The first-order valence-electron chi connectivity index (χ1n) is 8.86. The molecule has 0 unspecified atom stereocenters. The first kappa shape index (κ1) is 19.4. The summed E-state index contributed by atoms with van der Waals surface area (Å²) >= 11 is 0. The molecule has 23 heavy (non-hydrogen) atoms. The molecule has 0 aliphatic heterocycles. The summed E-state index contributed by atoms with van der Waals surface area (Å²) < 4.78 is 5.49. The third-order valence-electron chi connectivity index (χ3n) is 3.99. The fourth-order valence-corrected chi connectivity index (χ4v) is 2.45. The topological polar surface area (TPSA) is 29.5 Å². The van der Waals surface area contributed by atoms with Crippen molar-refractivity contribution in [3.63, 3.8) is 0 Å². The van der Waals surface area contributed by atoms with E-state index >= 15 is 0 Å². The standard InChI is InChI=1S/C20H31NO2/c1-4-7-9-14-19(17-18-12-10-8-11-13-18)20(22)23-16-15-21(5-2)6-3/h8,10-13,17H,4-7,9,14-16H2,1-3H3/b19-17-. The smallest absolute Gasteiger partial charge is 0.334 e. The van der Waals surface area contributed by atoms with Gasteiger partial charge in [-0.1, -0.05) is 63.9 Å². The lowest BCUT2D eigenvalue weighted by Gasteiger charge is -2.18. The predicted molar refractivity (Wildman–Crippen MR) is 97.3 cm³/mol. The maximum Gasteiger partial charge on any atom is 0.334 e. The van der Waals surface area contributed by atoms with Crippen LogP contribution in [0.15, 0.2) is 35.9 Å². The van der Waals surface area contributed by atoms with Crippen LogP contribution in [0, 0.1) is 0 Å². The van der Waals surface area contributed by atoms with Crippen molar-refractivity contribution in [1.82, 2.24) is 4.90 Å². The monoisotopic (exact) mass is 317 g/mol. The number of nitrogens with zero attached hydrogens (tertiary/aromatic N) is 1. The first-order chi connectivity index (χ1) is 11.2. The van der Waals surface area contributed by atoms with Gasteiger partial charge in [0.15, 0.2) is 0 Å². The van der Waals surface area contributed by atoms with Crippen molar-refractivity contribution in [3.8, 4) is 0 Å². The molecule has 1 aromatic carbocycles. The predicted octanol–water partition coefficient (Wildman–Crippen LogP) is 4.54. The van der Waals surface area contributed by atoms with Gasteiger partial charge in [0, 0.05) is 12.1 Å². The van der Waals surface area contributed by atoms with E-state index in [1.165, 1.54) is 0 Å². The van der Waals surface area contributed by atoms with Crippen LogP contribution in [0.5, 0.6) is 0 Å². The Labute approximate surface area is 141 Å². The highest BCUT2D eigenvalue weighted by molar-refractivity contribution is 5.93. The van der Waals surface area contributed by atoms with Crippen LogP contribution in [0.1, 0.15) is 52.0 Å². The number of carbonyl (C=O) groups excluding carboxylic acids is 1. The summed E-state index contributed by atoms with van der Waals surface area (Å²) in [6.45, 7) is 9.64. The van der Waals surface area contributed by atoms with Gasteiger partial charge in [-0.25, -0.2) is 4.79 Å². The van der Waals surface area contributed by atoms with Gasteiger partial charge < -0.3 is 9.64 Å². The van der Waals surface area contributed by atoms with E-state index in [1.54, 1.807) is 0 Å². The Balaban J connectivity index is 2.63. The molecule has 0 saturated heterocycles. The van der Waals surface area contributed by atoms with E-state index in [2.05, 4.69) is 25.7 Å². The molecule has 3 heteroatoms. The summed E-state index contributed by atoms with van der Waals surface area (Å²) in [6, 6.07) is 9.99. The van der Waals surface area contributed by atoms with Gasteiger partial charge >= 0.3 is 5.97 Å². The van der Waals surface area contributed by atoms with Crippen molar-refractivity contribution >= 4 is 12.0 Å². The molecular weight excluding hydrogens is 286 g/mol. The Morgan fingerprint density at radius 2 is 1.78 bits per heavy atom. The quantitative estimate of drug-likeness (QED) is 0.341. The summed E-state index contributed by atoms with van der Waals surface area (Å²) in [6.07, 6.45) is 6.07. The molecule has 0 atom stereocenters. The van der Waals surface area contributed by atoms with Crippen molar-refractivity contribution in [2.45, 2.75) is 46.5 Å². The van der Waals surface area contributed by atoms with Crippen LogP contribution in [-0.2, 0) is 9.53 Å². The summed E-state index contributed by atoms with van der Waals surface area (Å²) in [5, 5.41) is 0. The fraction of sp³-hybridized carbons (Fsp3) is 0.550. The van der Waals surface area contributed by atoms with E-state index in [0.29, 0.717) is 6.61 Å². The molecule has 0 bridgehead atoms. The maximum atomic E-state index is 12.4. The third kappa shape index (κ3) is 7.98. The van der Waals surface area contributed by atoms with Crippen LogP contribution in [0.2, 0.25) is 0 Å². The fourth-order valence-electron chi connectivity index (χ4n) is 2.45. The molecule has 3 nitrogen and oxygen atoms in total. The van der Waals surface area contributed by atoms with Crippen molar-refractivity contribution in [2.24, 2.45) is 0 Å². The van der Waals surface area contributed by atoms with Gasteiger partial charge in [0.1, 0.15) is 6.61 Å². The van der Waals surface area contributed by atoms with Crippen LogP contribution in [0.4, 0.5) is 0 Å². The molecule has 0 amide bonds. The molecule has 0 aliphatic carbocycles. The molecule has 1 aromatic rings. The SMILES string of the molecule is CCCCC/C(=C/c1ccccc1)C(=O)OCCN(CC)CC. The van der Waals surface area contributed by atoms with E-state index in [0.717, 1.165) is 56.5 Å². The van der Waals surface area contributed by atoms with E-state index in [9.17, 15) is 4.79 Å². The number of likely N-dealkylation sites (N-methyl/N-ethyl adjacent to an activating group) is 1. The average molecular weight is 317 g/mol. The van der Waals surface area contributed by atoms with E-state index in [4.69, 9.17) is 4.74 Å². The van der Waals surface area contributed by atoms with Gasteiger partial charge in [-0.3, -0.25) is 0 Å². The van der Waals surface area contributed by atoms with Crippen LogP contribution in [0.3, 0.4) is 0 Å². The second-order valence-electron chi connectivity index (χ2n) is 5.70. The Morgan fingerprint density at radius 3 is 2.39 bits per heavy atom. The van der Waals surface area contributed by atoms with Crippen LogP contribution in [-0.4, -0.2) is 37.1 Å². The van der Waals surface area contributed by atoms with E-state index in [-0.39, 0.29) is 5.97 Å². The Bertz CT molecular complexity index is 464. The minimum absolute atomic E-state index is 0.169. The minimum atomic E-state index is -0.169. The second kappa shape index (κ2) is 11.9. The highest BCUT2D eigenvalue weighted by atomic mass is 16.5. The third-order valence-corrected chi connectivity index (χ3v) is 3.99. The van der Waals surface area contributed by atoms with Gasteiger partial charge in [0.2, 0.25) is 0 Å². The average Bonchev–Trinajstić information content (AvgIpc) is 2.59. The minimum Gasteiger partial charge on any atom is -0.461 e. The zero-order valence-electron chi connectivity index (χ0n) is 14.9. The first-order valence-corrected chi connectivity index (χ1v) is 8.86. The Hall–Kier alpha value is -1.61. The maximum absolute atomic E-state index is 12.4. The zero-order chi connectivity index (χ0) is 16.9. The lowest BCUT2D eigenvalue weighted by molar-refractivity contribution is -0.139. The molecule has 0 aromatic heterocycles. The lowest BCUT2D eigenvalue weighted by atomic mass is 10.0. The highest BCUT2D eigenvalue weighted by Gasteiger charge is 2.11. The van der Waals surface area contributed by atoms with Crippen molar-refractivity contribution in [2.75, 3.05) is 26.2 Å². The van der Waals surface area contributed by atoms with Gasteiger partial charge in [-0.15, -0.1) is 0 Å². The molecular formula is C20H31NO2. The molecule has 0 radical (unpaired) electrons. The number of ether oxygens (including phenoxy) is 1. The number of hydrogen-bond donors (Lipinski definition) is 0. The van der Waals surface area contributed by atoms with Gasteiger partial charge in [-0.05, 0) is 37.6 Å². The number of benzene rings is 1. The molecule has 0 saturated carbocycles. The van der Waals surface area contributed by atoms with Crippen LogP contribution >= 0.6 is 0 Å². The largest absolute Gasteiger partial charge is 0.461 e. The molecule has 0 N–H and O–H groups in total. The molecule has 1 rings (SSSR count). The van der Waals surface area contributed by atoms with Crippen molar-refractivity contribution in [1.29, 1.82) is 0 Å². The lowest BCUT2D eigenvalue weighted by Crippen LogP contribution is -2.28. The summed E-state index contributed by atoms with van der Waals surface area (Å²) in [5.74, 6) is -0.169. The molecule has 0 spiro atoms. The second-order valence-corrected chi connectivity index (χ2v) is 5.70. The zero-order valence-corrected chi connectivity index (χ0v) is 14.9. The van der Waals surface area contributed by atoms with Gasteiger partial charge in [0.25, 0.3) is 0 Å². The highest BCUT2D eigenvalue weighted by Crippen LogP contribution is 2.15. The molecule has 0 heterocycles. The normalized spacial score (nSPS) is 11.7. The van der Waals surface area contributed by atoms with Crippen LogP contribution in [0.25, 0.3) is 6.08 Å². The number of hydrogen-bond acceptors (Lipinski definition) is 3. The van der Waals surface area contributed by atoms with E-state index in [1.807, 2.05) is 36.4 Å². The van der Waals surface area contributed by atoms with Crippen LogP contribution < -0.4 is 0 Å². The summed E-state index contributed by atoms with van der Waals surface area (Å²) in [7, 11) is 0. The Morgan fingerprint density at radius 1 is 1.09 bits per heavy atom. The van der Waals surface area contributed by atoms with Crippen molar-refractivity contribution < 1.29 is 9.53 Å². The van der Waals surface area contributed by atoms with Gasteiger partial charge in [0.05, 0.1) is 0 Å². The molecule has 0 fully saturated rings. The summed E-state index contributed by atoms with van der Waals surface area (Å²) in [5.41, 5.74) is 1.84. The molecule has 0 aliphatic rings. The number of unbranched alkanes of at least 4 members (excludes halogenated alkanes) is 2. The van der Waals surface area contributed by atoms with Gasteiger partial charge in [-0.2, -0.15) is 0 Å². The van der Waals surface area contributed by atoms with E-state index < -0.39 is 0 Å². The molecule has 128 valence electrons. The number of esters is 1.